The summed E-state index contributed by atoms with van der Waals surface area (Å²) in [6.07, 6.45) is 4.62. The highest BCUT2D eigenvalue weighted by Crippen LogP contribution is 2.06. The number of halogens is 1. The summed E-state index contributed by atoms with van der Waals surface area (Å²) in [5.41, 5.74) is 2.10. The van der Waals surface area contributed by atoms with Crippen molar-refractivity contribution in [3.63, 3.8) is 0 Å². The molecule has 0 atom stereocenters. The number of aromatic nitrogens is 3. The van der Waals surface area contributed by atoms with Gasteiger partial charge in [0.2, 0.25) is 0 Å². The normalized spacial score (nSPS) is 11.8. The number of pyridine rings is 1. The van der Waals surface area contributed by atoms with Crippen molar-refractivity contribution in [2.75, 3.05) is 13.1 Å². The topological polar surface area (TPSA) is 67.1 Å². The minimum atomic E-state index is 0.388. The third-order valence-electron chi connectivity index (χ3n) is 3.42. The summed E-state index contributed by atoms with van der Waals surface area (Å²) in [6.45, 7) is 8.44. The maximum absolute atomic E-state index is 5.79. The van der Waals surface area contributed by atoms with Gasteiger partial charge in [-0.15, -0.1) is 0 Å². The zero-order chi connectivity index (χ0) is 17.4. The quantitative estimate of drug-likeness (QED) is 0.458. The Kier molecular flexibility index (Phi) is 7.06. The molecule has 0 spiro atoms. The standard InChI is InChI=1S/C17H25ClN6/c1-4-19-17(22-12-14-5-6-16(18)21-11-14)20-9-7-15-8-10-24(23-15)13(2)3/h5-6,8,10-11,13H,4,7,9,12H2,1-3H3,(H2,19,20,22). The van der Waals surface area contributed by atoms with Gasteiger partial charge in [-0.2, -0.15) is 5.10 Å². The molecule has 2 heterocycles. The van der Waals surface area contributed by atoms with Crippen molar-refractivity contribution in [3.8, 4) is 0 Å². The zero-order valence-electron chi connectivity index (χ0n) is 14.5. The Morgan fingerprint density at radius 3 is 2.75 bits per heavy atom. The van der Waals surface area contributed by atoms with E-state index in [9.17, 15) is 0 Å². The van der Waals surface area contributed by atoms with E-state index in [0.29, 0.717) is 17.7 Å². The Hall–Kier alpha value is -2.08. The Labute approximate surface area is 148 Å². The highest BCUT2D eigenvalue weighted by atomic mass is 35.5. The average Bonchev–Trinajstić information content (AvgIpc) is 3.03. The van der Waals surface area contributed by atoms with Crippen molar-refractivity contribution in [2.24, 2.45) is 4.99 Å². The lowest BCUT2D eigenvalue weighted by Crippen LogP contribution is -2.38. The van der Waals surface area contributed by atoms with Gasteiger partial charge in [0.05, 0.1) is 12.2 Å². The maximum Gasteiger partial charge on any atom is 0.191 e. The SMILES string of the molecule is CCNC(=NCc1ccc(Cl)nc1)NCCc1ccn(C(C)C)n1. The summed E-state index contributed by atoms with van der Waals surface area (Å²) < 4.78 is 1.97. The molecule has 0 saturated heterocycles. The molecule has 0 aliphatic rings. The first-order valence-corrected chi connectivity index (χ1v) is 8.63. The number of nitrogens with one attached hydrogen (secondary N) is 2. The van der Waals surface area contributed by atoms with Crippen LogP contribution < -0.4 is 10.6 Å². The van der Waals surface area contributed by atoms with E-state index in [4.69, 9.17) is 11.6 Å². The molecular weight excluding hydrogens is 324 g/mol. The van der Waals surface area contributed by atoms with E-state index < -0.39 is 0 Å². The summed E-state index contributed by atoms with van der Waals surface area (Å²) in [7, 11) is 0. The zero-order valence-corrected chi connectivity index (χ0v) is 15.2. The van der Waals surface area contributed by atoms with Gasteiger partial charge >= 0.3 is 0 Å². The van der Waals surface area contributed by atoms with Crippen molar-refractivity contribution in [1.29, 1.82) is 0 Å². The fourth-order valence-electron chi connectivity index (χ4n) is 2.12. The number of guanidine groups is 1. The molecule has 0 saturated carbocycles. The van der Waals surface area contributed by atoms with E-state index in [0.717, 1.165) is 36.7 Å². The van der Waals surface area contributed by atoms with Gasteiger partial charge in [0.15, 0.2) is 5.96 Å². The molecule has 0 aliphatic carbocycles. The summed E-state index contributed by atoms with van der Waals surface area (Å²) in [6, 6.07) is 6.16. The minimum Gasteiger partial charge on any atom is -0.357 e. The first-order valence-electron chi connectivity index (χ1n) is 8.25. The lowest BCUT2D eigenvalue weighted by Gasteiger charge is -2.10. The van der Waals surface area contributed by atoms with Crippen LogP contribution in [0, 0.1) is 0 Å². The van der Waals surface area contributed by atoms with Gasteiger partial charge in [0.1, 0.15) is 5.15 Å². The molecule has 24 heavy (non-hydrogen) atoms. The molecule has 2 aromatic rings. The molecule has 2 rings (SSSR count). The predicted octanol–water partition coefficient (Wildman–Crippen LogP) is 2.81. The smallest absolute Gasteiger partial charge is 0.191 e. The van der Waals surface area contributed by atoms with Crippen molar-refractivity contribution in [1.82, 2.24) is 25.4 Å². The van der Waals surface area contributed by atoms with Crippen LogP contribution >= 0.6 is 11.6 Å². The number of rotatable bonds is 7. The molecule has 0 amide bonds. The average molecular weight is 349 g/mol. The third kappa shape index (κ3) is 5.85. The fourth-order valence-corrected chi connectivity index (χ4v) is 2.23. The van der Waals surface area contributed by atoms with E-state index in [1.807, 2.05) is 23.9 Å². The number of hydrogen-bond acceptors (Lipinski definition) is 3. The largest absolute Gasteiger partial charge is 0.357 e. The molecule has 2 N–H and O–H groups in total. The van der Waals surface area contributed by atoms with Crippen molar-refractivity contribution in [2.45, 2.75) is 39.8 Å². The van der Waals surface area contributed by atoms with E-state index in [2.05, 4.69) is 45.6 Å². The highest BCUT2D eigenvalue weighted by molar-refractivity contribution is 6.29. The van der Waals surface area contributed by atoms with E-state index >= 15 is 0 Å². The molecule has 6 nitrogen and oxygen atoms in total. The minimum absolute atomic E-state index is 0.388. The third-order valence-corrected chi connectivity index (χ3v) is 3.64. The molecular formula is C17H25ClN6. The van der Waals surface area contributed by atoms with Crippen LogP contribution in [0.2, 0.25) is 5.15 Å². The first kappa shape index (κ1) is 18.3. The first-order chi connectivity index (χ1) is 11.6. The lowest BCUT2D eigenvalue weighted by molar-refractivity contribution is 0.526. The number of hydrogen-bond donors (Lipinski definition) is 2. The fraction of sp³-hybridized carbons (Fsp3) is 0.471. The van der Waals surface area contributed by atoms with Gasteiger partial charge in [0, 0.05) is 37.9 Å². The van der Waals surface area contributed by atoms with Crippen LogP contribution in [0.1, 0.15) is 38.1 Å². The van der Waals surface area contributed by atoms with Gasteiger partial charge < -0.3 is 10.6 Å². The van der Waals surface area contributed by atoms with E-state index in [1.165, 1.54) is 0 Å². The molecule has 0 unspecified atom stereocenters. The Morgan fingerprint density at radius 2 is 2.12 bits per heavy atom. The molecule has 0 bridgehead atoms. The van der Waals surface area contributed by atoms with Gasteiger partial charge in [0.25, 0.3) is 0 Å². The van der Waals surface area contributed by atoms with Gasteiger partial charge in [-0.25, -0.2) is 9.98 Å². The van der Waals surface area contributed by atoms with Crippen LogP contribution in [-0.4, -0.2) is 33.8 Å². The Morgan fingerprint density at radius 1 is 1.29 bits per heavy atom. The van der Waals surface area contributed by atoms with Crippen molar-refractivity contribution >= 4 is 17.6 Å². The molecule has 0 aliphatic heterocycles. The summed E-state index contributed by atoms with van der Waals surface area (Å²) in [4.78, 5) is 8.63. The molecule has 0 radical (unpaired) electrons. The predicted molar refractivity (Wildman–Crippen MR) is 98.4 cm³/mol. The molecule has 0 fully saturated rings. The van der Waals surface area contributed by atoms with Gasteiger partial charge in [-0.05, 0) is 38.5 Å². The monoisotopic (exact) mass is 348 g/mol. The summed E-state index contributed by atoms with van der Waals surface area (Å²) in [5, 5.41) is 11.6. The summed E-state index contributed by atoms with van der Waals surface area (Å²) in [5.74, 6) is 0.788. The Bertz CT molecular complexity index is 647. The van der Waals surface area contributed by atoms with Crippen LogP contribution in [0.3, 0.4) is 0 Å². The van der Waals surface area contributed by atoms with Gasteiger partial charge in [-0.1, -0.05) is 17.7 Å². The number of nitrogens with zero attached hydrogens (tertiary/aromatic N) is 4. The summed E-state index contributed by atoms with van der Waals surface area (Å²) >= 11 is 5.79. The second kappa shape index (κ2) is 9.27. The van der Waals surface area contributed by atoms with E-state index in [1.54, 1.807) is 12.3 Å². The van der Waals surface area contributed by atoms with Crippen LogP contribution in [-0.2, 0) is 13.0 Å². The number of aliphatic imine (C=N–C) groups is 1. The highest BCUT2D eigenvalue weighted by Gasteiger charge is 2.03. The van der Waals surface area contributed by atoms with Crippen molar-refractivity contribution in [3.05, 3.63) is 47.0 Å². The van der Waals surface area contributed by atoms with Crippen molar-refractivity contribution < 1.29 is 0 Å². The molecule has 130 valence electrons. The van der Waals surface area contributed by atoms with E-state index in [-0.39, 0.29) is 0 Å². The molecule has 0 aromatic carbocycles. The van der Waals surface area contributed by atoms with Crippen LogP contribution in [0.5, 0.6) is 0 Å². The Balaban J connectivity index is 1.85. The van der Waals surface area contributed by atoms with Crippen LogP contribution in [0.4, 0.5) is 0 Å². The second-order valence-corrected chi connectivity index (χ2v) is 6.13. The second-order valence-electron chi connectivity index (χ2n) is 5.74. The lowest BCUT2D eigenvalue weighted by atomic mass is 10.3. The molecule has 7 heteroatoms. The maximum atomic E-state index is 5.79. The molecule has 2 aromatic heterocycles. The van der Waals surface area contributed by atoms with Gasteiger partial charge in [-0.3, -0.25) is 4.68 Å². The van der Waals surface area contributed by atoms with Crippen LogP contribution in [0.25, 0.3) is 0 Å². The van der Waals surface area contributed by atoms with Crippen LogP contribution in [0.15, 0.2) is 35.6 Å².